The second-order valence-corrected chi connectivity index (χ2v) is 8.17. The fourth-order valence-electron chi connectivity index (χ4n) is 3.84. The molecule has 2 heteroatoms. The van der Waals surface area contributed by atoms with Crippen molar-refractivity contribution in [1.29, 1.82) is 0 Å². The van der Waals surface area contributed by atoms with Gasteiger partial charge in [-0.25, -0.2) is 0 Å². The fourth-order valence-corrected chi connectivity index (χ4v) is 4.07. The van der Waals surface area contributed by atoms with Gasteiger partial charge >= 0.3 is 0 Å². The normalized spacial score (nSPS) is 12.8. The van der Waals surface area contributed by atoms with Crippen LogP contribution in [0.3, 0.4) is 0 Å². The number of rotatable bonds is 20. The van der Waals surface area contributed by atoms with Crippen molar-refractivity contribution in [3.63, 3.8) is 0 Å². The molecule has 0 N–H and O–H groups in total. The number of unbranched alkanes of at least 4 members (excludes halogenated alkanes) is 12. The lowest BCUT2D eigenvalue weighted by Gasteiger charge is -2.25. The Morgan fingerprint density at radius 1 is 0.520 bits per heavy atom. The molecule has 1 atom stereocenters. The molecular formula is C23H47ClO. The van der Waals surface area contributed by atoms with Crippen LogP contribution in [0.1, 0.15) is 136 Å². The quantitative estimate of drug-likeness (QED) is 0.193. The lowest BCUT2D eigenvalue weighted by molar-refractivity contribution is 0.118. The van der Waals surface area contributed by atoms with E-state index in [0.717, 1.165) is 6.42 Å². The molecule has 0 fully saturated rings. The highest BCUT2D eigenvalue weighted by Gasteiger charge is 2.21. The average Bonchev–Trinajstić information content (AvgIpc) is 2.63. The van der Waals surface area contributed by atoms with Gasteiger partial charge in [-0.3, -0.25) is 4.29 Å². The van der Waals surface area contributed by atoms with Crippen molar-refractivity contribution in [1.82, 2.24) is 0 Å². The van der Waals surface area contributed by atoms with E-state index in [9.17, 15) is 0 Å². The maximum absolute atomic E-state index is 5.93. The Bertz CT molecular complexity index is 230. The van der Waals surface area contributed by atoms with Gasteiger partial charge in [-0.1, -0.05) is 117 Å². The van der Waals surface area contributed by atoms with Crippen LogP contribution in [0.25, 0.3) is 0 Å². The van der Waals surface area contributed by atoms with E-state index in [-0.39, 0.29) is 6.10 Å². The summed E-state index contributed by atoms with van der Waals surface area (Å²) in [5.74, 6) is 0.673. The second kappa shape index (κ2) is 20.6. The van der Waals surface area contributed by atoms with Crippen LogP contribution >= 0.6 is 11.9 Å². The van der Waals surface area contributed by atoms with E-state index in [0.29, 0.717) is 5.92 Å². The molecular weight excluding hydrogens is 328 g/mol. The average molecular weight is 375 g/mol. The van der Waals surface area contributed by atoms with Crippen LogP contribution in [0.5, 0.6) is 0 Å². The lowest BCUT2D eigenvalue weighted by Crippen LogP contribution is -2.21. The van der Waals surface area contributed by atoms with Crippen LogP contribution in [-0.2, 0) is 4.29 Å². The molecule has 0 bridgehead atoms. The van der Waals surface area contributed by atoms with Crippen molar-refractivity contribution in [2.45, 2.75) is 142 Å². The van der Waals surface area contributed by atoms with Crippen molar-refractivity contribution in [2.24, 2.45) is 5.92 Å². The van der Waals surface area contributed by atoms with Gasteiger partial charge < -0.3 is 0 Å². The molecule has 0 aliphatic carbocycles. The molecule has 25 heavy (non-hydrogen) atoms. The van der Waals surface area contributed by atoms with Gasteiger partial charge in [-0.2, -0.15) is 0 Å². The number of halogens is 1. The van der Waals surface area contributed by atoms with Gasteiger partial charge in [-0.15, -0.1) is 0 Å². The minimum atomic E-state index is 0.278. The van der Waals surface area contributed by atoms with E-state index < -0.39 is 0 Å². The second-order valence-electron chi connectivity index (χ2n) is 8.00. The Morgan fingerprint density at radius 3 is 1.24 bits per heavy atom. The molecule has 0 aliphatic rings. The molecule has 0 aromatic carbocycles. The molecule has 0 saturated carbocycles. The number of hydrogen-bond donors (Lipinski definition) is 0. The van der Waals surface area contributed by atoms with E-state index in [1.165, 1.54) is 109 Å². The van der Waals surface area contributed by atoms with Gasteiger partial charge in [0.1, 0.15) is 0 Å². The maximum atomic E-state index is 5.93. The molecule has 0 spiro atoms. The Hall–Kier alpha value is 0.250. The highest BCUT2D eigenvalue weighted by Crippen LogP contribution is 2.28. The third-order valence-corrected chi connectivity index (χ3v) is 5.82. The van der Waals surface area contributed by atoms with Crippen LogP contribution in [0.15, 0.2) is 0 Å². The summed E-state index contributed by atoms with van der Waals surface area (Å²) in [6.07, 6.45) is 24.4. The molecule has 0 rings (SSSR count). The summed E-state index contributed by atoms with van der Waals surface area (Å²) < 4.78 is 5.45. The zero-order valence-electron chi connectivity index (χ0n) is 17.7. The van der Waals surface area contributed by atoms with Crippen molar-refractivity contribution < 1.29 is 4.29 Å². The minimum absolute atomic E-state index is 0.278. The Kier molecular flexibility index (Phi) is 20.8. The van der Waals surface area contributed by atoms with Gasteiger partial charge in [0.2, 0.25) is 0 Å². The zero-order valence-corrected chi connectivity index (χ0v) is 18.4. The third kappa shape index (κ3) is 16.2. The highest BCUT2D eigenvalue weighted by molar-refractivity contribution is 6.07. The Balaban J connectivity index is 4.18. The molecule has 1 unspecified atom stereocenters. The summed E-state index contributed by atoms with van der Waals surface area (Å²) in [4.78, 5) is 0. The summed E-state index contributed by atoms with van der Waals surface area (Å²) in [5.41, 5.74) is 0. The summed E-state index contributed by atoms with van der Waals surface area (Å²) in [7, 11) is 0. The molecule has 0 aliphatic heterocycles. The lowest BCUT2D eigenvalue weighted by atomic mass is 9.87. The highest BCUT2D eigenvalue weighted by atomic mass is 35.5. The van der Waals surface area contributed by atoms with Gasteiger partial charge in [-0.05, 0) is 25.2 Å². The van der Waals surface area contributed by atoms with Crippen LogP contribution in [-0.4, -0.2) is 6.10 Å². The molecule has 1 nitrogen and oxygen atoms in total. The molecule has 0 aromatic heterocycles. The third-order valence-electron chi connectivity index (χ3n) is 5.59. The van der Waals surface area contributed by atoms with Crippen LogP contribution in [0, 0.1) is 5.92 Å². The smallest absolute Gasteiger partial charge is 0.0818 e. The topological polar surface area (TPSA) is 9.23 Å². The molecule has 0 heterocycles. The van der Waals surface area contributed by atoms with E-state index in [2.05, 4.69) is 20.8 Å². The summed E-state index contributed by atoms with van der Waals surface area (Å²) in [6.45, 7) is 6.85. The van der Waals surface area contributed by atoms with Crippen molar-refractivity contribution >= 4 is 11.9 Å². The standard InChI is InChI=1S/C23H47ClO/c1-4-7-10-13-16-19-22(20-17-14-11-8-5-2)23(25-24)21-18-15-12-9-6-3/h22-23H,4-21H2,1-3H3. The summed E-state index contributed by atoms with van der Waals surface area (Å²) in [6, 6.07) is 0. The van der Waals surface area contributed by atoms with Crippen molar-refractivity contribution in [3.8, 4) is 0 Å². The van der Waals surface area contributed by atoms with Gasteiger partial charge in [0, 0.05) is 0 Å². The molecule has 0 radical (unpaired) electrons. The monoisotopic (exact) mass is 374 g/mol. The van der Waals surface area contributed by atoms with E-state index in [1.54, 1.807) is 0 Å². The molecule has 0 amide bonds. The molecule has 0 saturated heterocycles. The van der Waals surface area contributed by atoms with Crippen LogP contribution in [0.2, 0.25) is 0 Å². The van der Waals surface area contributed by atoms with Crippen molar-refractivity contribution in [2.75, 3.05) is 0 Å². The molecule has 0 aromatic rings. The zero-order chi connectivity index (χ0) is 18.6. The van der Waals surface area contributed by atoms with Crippen LogP contribution < -0.4 is 0 Å². The minimum Gasteiger partial charge on any atom is -0.276 e. The number of hydrogen-bond acceptors (Lipinski definition) is 1. The molecule has 152 valence electrons. The van der Waals surface area contributed by atoms with E-state index in [1.807, 2.05) is 0 Å². The first-order valence-electron chi connectivity index (χ1n) is 11.6. The largest absolute Gasteiger partial charge is 0.276 e. The fraction of sp³-hybridized carbons (Fsp3) is 1.00. The van der Waals surface area contributed by atoms with Crippen LogP contribution in [0.4, 0.5) is 0 Å². The summed E-state index contributed by atoms with van der Waals surface area (Å²) >= 11 is 5.93. The predicted molar refractivity (Wildman–Crippen MR) is 114 cm³/mol. The van der Waals surface area contributed by atoms with E-state index in [4.69, 9.17) is 16.2 Å². The first kappa shape index (κ1) is 25.2. The first-order valence-corrected chi connectivity index (χ1v) is 11.9. The predicted octanol–water partition coefficient (Wildman–Crippen LogP) is 9.22. The van der Waals surface area contributed by atoms with Gasteiger partial charge in [0.25, 0.3) is 0 Å². The van der Waals surface area contributed by atoms with E-state index >= 15 is 0 Å². The van der Waals surface area contributed by atoms with Gasteiger partial charge in [0.15, 0.2) is 0 Å². The first-order chi connectivity index (χ1) is 12.3. The summed E-state index contributed by atoms with van der Waals surface area (Å²) in [5, 5.41) is 0. The Labute approximate surface area is 164 Å². The van der Waals surface area contributed by atoms with Crippen molar-refractivity contribution in [3.05, 3.63) is 0 Å². The Morgan fingerprint density at radius 2 is 0.880 bits per heavy atom. The SMILES string of the molecule is CCCCCCCC(CCCCCCC)C(CCCCCCC)OCl. The van der Waals surface area contributed by atoms with Gasteiger partial charge in [0.05, 0.1) is 18.0 Å². The maximum Gasteiger partial charge on any atom is 0.0818 e.